The third kappa shape index (κ3) is 4.81. The number of likely N-dealkylation sites (N-methyl/N-ethyl adjacent to an activating group) is 1. The Labute approximate surface area is 178 Å². The minimum absolute atomic E-state index is 0.0793. The Hall–Kier alpha value is -2.88. The number of rotatable bonds is 6. The zero-order chi connectivity index (χ0) is 20.8. The molecule has 1 N–H and O–H groups in total. The number of aromatic nitrogens is 1. The van der Waals surface area contributed by atoms with E-state index in [1.165, 1.54) is 25.7 Å². The minimum atomic E-state index is -0.0793. The van der Waals surface area contributed by atoms with Crippen LogP contribution in [0.3, 0.4) is 0 Å². The summed E-state index contributed by atoms with van der Waals surface area (Å²) in [6, 6.07) is 20.2. The normalized spacial score (nSPS) is 16.0. The van der Waals surface area contributed by atoms with Gasteiger partial charge in [0.05, 0.1) is 17.1 Å². The molecule has 1 heterocycles. The van der Waals surface area contributed by atoms with Crippen LogP contribution in [-0.4, -0.2) is 17.9 Å². The van der Waals surface area contributed by atoms with Gasteiger partial charge in [0.25, 0.3) is 0 Å². The second-order valence-corrected chi connectivity index (χ2v) is 8.20. The molecular weight excluding hydrogens is 372 g/mol. The molecule has 0 radical (unpaired) electrons. The van der Waals surface area contributed by atoms with Gasteiger partial charge >= 0.3 is 0 Å². The smallest absolute Gasteiger partial charge is 0.227 e. The number of hydrogen-bond acceptors (Lipinski definition) is 3. The van der Waals surface area contributed by atoms with E-state index in [0.29, 0.717) is 12.5 Å². The van der Waals surface area contributed by atoms with Crippen molar-refractivity contribution < 1.29 is 9.53 Å². The molecule has 0 aliphatic heterocycles. The largest absolute Gasteiger partial charge is 0.487 e. The van der Waals surface area contributed by atoms with E-state index >= 15 is 0 Å². The number of carbonyl (C=O) groups is 1. The first-order chi connectivity index (χ1) is 14.7. The van der Waals surface area contributed by atoms with Gasteiger partial charge in [0.15, 0.2) is 0 Å². The van der Waals surface area contributed by atoms with Crippen LogP contribution in [0.4, 0.5) is 0 Å². The maximum absolute atomic E-state index is 12.7. The molecule has 1 fully saturated rings. The molecule has 156 valence electrons. The number of hydrogen-bond donors (Lipinski definition) is 1. The van der Waals surface area contributed by atoms with E-state index in [9.17, 15) is 4.79 Å². The molecule has 3 aromatic rings. The Morgan fingerprint density at radius 1 is 1.00 bits per heavy atom. The van der Waals surface area contributed by atoms with Gasteiger partial charge < -0.3 is 10.1 Å². The van der Waals surface area contributed by atoms with E-state index in [4.69, 9.17) is 4.74 Å². The second-order valence-electron chi connectivity index (χ2n) is 8.20. The molecule has 0 spiro atoms. The van der Waals surface area contributed by atoms with Crippen LogP contribution in [0.15, 0.2) is 60.7 Å². The maximum atomic E-state index is 12.7. The van der Waals surface area contributed by atoms with Crippen LogP contribution < -0.4 is 10.1 Å². The van der Waals surface area contributed by atoms with Crippen molar-refractivity contribution in [1.29, 1.82) is 0 Å². The lowest BCUT2D eigenvalue weighted by Gasteiger charge is -2.25. The molecule has 1 amide bonds. The summed E-state index contributed by atoms with van der Waals surface area (Å²) in [6.45, 7) is 0.422. The first kappa shape index (κ1) is 20.4. The zero-order valence-corrected chi connectivity index (χ0v) is 17.6. The molecule has 0 saturated heterocycles. The van der Waals surface area contributed by atoms with Crippen LogP contribution in [0.1, 0.15) is 55.7 Å². The van der Waals surface area contributed by atoms with Crippen molar-refractivity contribution >= 4 is 16.8 Å². The number of benzene rings is 2. The number of fused-ring (bicyclic) bond motifs is 1. The van der Waals surface area contributed by atoms with Gasteiger partial charge in [-0.05, 0) is 48.6 Å². The molecule has 1 unspecified atom stereocenters. The summed E-state index contributed by atoms with van der Waals surface area (Å²) in [5.74, 6) is 1.26. The molecule has 4 heteroatoms. The van der Waals surface area contributed by atoms with Gasteiger partial charge in [-0.25, -0.2) is 4.98 Å². The van der Waals surface area contributed by atoms with E-state index in [-0.39, 0.29) is 11.8 Å². The van der Waals surface area contributed by atoms with Gasteiger partial charge in [-0.15, -0.1) is 0 Å². The van der Waals surface area contributed by atoms with E-state index in [0.717, 1.165) is 40.8 Å². The maximum Gasteiger partial charge on any atom is 0.227 e. The predicted octanol–water partition coefficient (Wildman–Crippen LogP) is 5.61. The molecule has 0 bridgehead atoms. The predicted molar refractivity (Wildman–Crippen MR) is 121 cm³/mol. The van der Waals surface area contributed by atoms with Crippen molar-refractivity contribution in [1.82, 2.24) is 10.3 Å². The standard InChI is InChI=1S/C26H30N2O2/c1-27-26(29)25(20-9-4-2-3-5-10-20)21-13-16-23(17-14-21)30-18-22-15-12-19-8-6-7-11-24(19)28-22/h6-8,11-17,20,25H,2-5,9-10,18H2,1H3,(H,27,29). The van der Waals surface area contributed by atoms with Crippen molar-refractivity contribution in [2.75, 3.05) is 7.05 Å². The fourth-order valence-corrected chi connectivity index (χ4v) is 4.55. The molecule has 2 aromatic carbocycles. The van der Waals surface area contributed by atoms with Gasteiger partial charge in [-0.2, -0.15) is 0 Å². The average Bonchev–Trinajstić information content (AvgIpc) is 3.08. The first-order valence-corrected chi connectivity index (χ1v) is 11.0. The molecule has 4 nitrogen and oxygen atoms in total. The third-order valence-corrected chi connectivity index (χ3v) is 6.18. The highest BCUT2D eigenvalue weighted by molar-refractivity contribution is 5.83. The summed E-state index contributed by atoms with van der Waals surface area (Å²) in [7, 11) is 1.74. The van der Waals surface area contributed by atoms with Gasteiger partial charge in [0.2, 0.25) is 5.91 Å². The Balaban J connectivity index is 1.45. The molecule has 1 atom stereocenters. The summed E-state index contributed by atoms with van der Waals surface area (Å²) < 4.78 is 5.96. The van der Waals surface area contributed by atoms with Crippen molar-refractivity contribution in [3.05, 3.63) is 71.9 Å². The van der Waals surface area contributed by atoms with Crippen LogP contribution in [0, 0.1) is 5.92 Å². The lowest BCUT2D eigenvalue weighted by Crippen LogP contribution is -2.31. The van der Waals surface area contributed by atoms with Crippen LogP contribution in [0.5, 0.6) is 5.75 Å². The van der Waals surface area contributed by atoms with Gasteiger partial charge in [-0.3, -0.25) is 4.79 Å². The minimum Gasteiger partial charge on any atom is -0.487 e. The molecule has 4 rings (SSSR count). The highest BCUT2D eigenvalue weighted by Gasteiger charge is 2.29. The topological polar surface area (TPSA) is 51.2 Å². The quantitative estimate of drug-likeness (QED) is 0.545. The lowest BCUT2D eigenvalue weighted by molar-refractivity contribution is -0.123. The van der Waals surface area contributed by atoms with E-state index in [1.807, 2.05) is 48.5 Å². The van der Waals surface area contributed by atoms with Crippen molar-refractivity contribution in [2.45, 2.75) is 51.0 Å². The molecule has 1 aromatic heterocycles. The van der Waals surface area contributed by atoms with Crippen LogP contribution in [0.25, 0.3) is 10.9 Å². The number of ether oxygens (including phenoxy) is 1. The summed E-state index contributed by atoms with van der Waals surface area (Å²) in [4.78, 5) is 17.3. The van der Waals surface area contributed by atoms with Crippen molar-refractivity contribution in [3.8, 4) is 5.75 Å². The summed E-state index contributed by atoms with van der Waals surface area (Å²) in [6.07, 6.45) is 7.27. The average molecular weight is 403 g/mol. The lowest BCUT2D eigenvalue weighted by atomic mass is 9.80. The zero-order valence-electron chi connectivity index (χ0n) is 17.6. The first-order valence-electron chi connectivity index (χ1n) is 11.0. The van der Waals surface area contributed by atoms with Crippen LogP contribution >= 0.6 is 0 Å². The Kier molecular flexibility index (Phi) is 6.63. The van der Waals surface area contributed by atoms with Crippen LogP contribution in [-0.2, 0) is 11.4 Å². The highest BCUT2D eigenvalue weighted by Crippen LogP contribution is 2.36. The number of pyridine rings is 1. The molecule has 30 heavy (non-hydrogen) atoms. The Bertz CT molecular complexity index is 976. The summed E-state index contributed by atoms with van der Waals surface area (Å²) >= 11 is 0. The molecule has 1 aliphatic rings. The summed E-state index contributed by atoms with van der Waals surface area (Å²) in [5, 5.41) is 4.01. The number of nitrogens with zero attached hydrogens (tertiary/aromatic N) is 1. The highest BCUT2D eigenvalue weighted by atomic mass is 16.5. The number of amides is 1. The fraction of sp³-hybridized carbons (Fsp3) is 0.385. The molecular formula is C26H30N2O2. The fourth-order valence-electron chi connectivity index (χ4n) is 4.55. The second kappa shape index (κ2) is 9.75. The van der Waals surface area contributed by atoms with Gasteiger partial charge in [0, 0.05) is 12.4 Å². The van der Waals surface area contributed by atoms with Crippen molar-refractivity contribution in [3.63, 3.8) is 0 Å². The van der Waals surface area contributed by atoms with E-state index in [2.05, 4.69) is 22.4 Å². The number of carbonyl (C=O) groups excluding carboxylic acids is 1. The molecule has 1 aliphatic carbocycles. The number of nitrogens with one attached hydrogen (secondary N) is 1. The molecule has 1 saturated carbocycles. The SMILES string of the molecule is CNC(=O)C(c1ccc(OCc2ccc3ccccc3n2)cc1)C1CCCCCC1. The van der Waals surface area contributed by atoms with Gasteiger partial charge in [-0.1, -0.05) is 62.1 Å². The van der Waals surface area contributed by atoms with Crippen LogP contribution in [0.2, 0.25) is 0 Å². The number of para-hydroxylation sites is 1. The van der Waals surface area contributed by atoms with Gasteiger partial charge in [0.1, 0.15) is 12.4 Å². The van der Waals surface area contributed by atoms with E-state index < -0.39 is 0 Å². The summed E-state index contributed by atoms with van der Waals surface area (Å²) in [5.41, 5.74) is 2.96. The third-order valence-electron chi connectivity index (χ3n) is 6.18. The monoisotopic (exact) mass is 402 g/mol. The van der Waals surface area contributed by atoms with Crippen molar-refractivity contribution in [2.24, 2.45) is 5.92 Å². The van der Waals surface area contributed by atoms with E-state index in [1.54, 1.807) is 7.05 Å². The Morgan fingerprint density at radius 3 is 2.47 bits per heavy atom. The Morgan fingerprint density at radius 2 is 1.73 bits per heavy atom.